The first-order valence-corrected chi connectivity index (χ1v) is 7.94. The van der Waals surface area contributed by atoms with E-state index < -0.39 is 0 Å². The summed E-state index contributed by atoms with van der Waals surface area (Å²) in [6.07, 6.45) is 0. The molecule has 2 rings (SSSR count). The first-order valence-electron chi connectivity index (χ1n) is 7.94. The Labute approximate surface area is 145 Å². The molecule has 0 spiro atoms. The maximum atomic E-state index is 5.89. The number of hydrogen-bond donors (Lipinski definition) is 0. The second-order valence-corrected chi connectivity index (χ2v) is 5.10. The van der Waals surface area contributed by atoms with Crippen LogP contribution in [0.5, 0.6) is 11.5 Å². The van der Waals surface area contributed by atoms with Crippen LogP contribution in [0.25, 0.3) is 0 Å². The van der Waals surface area contributed by atoms with Crippen molar-refractivity contribution >= 4 is 12.4 Å². The fraction of sp³-hybridized carbons (Fsp3) is 0.368. The van der Waals surface area contributed by atoms with E-state index in [1.165, 1.54) is 0 Å². The van der Waals surface area contributed by atoms with Crippen molar-refractivity contribution in [1.29, 1.82) is 0 Å². The topological polar surface area (TPSA) is 21.7 Å². The first-order chi connectivity index (χ1) is 10.8. The van der Waals surface area contributed by atoms with Crippen LogP contribution in [0.15, 0.2) is 54.6 Å². The Kier molecular flexibility index (Phi) is 9.18. The van der Waals surface area contributed by atoms with E-state index in [1.54, 1.807) is 0 Å². The molecule has 0 saturated heterocycles. The zero-order chi connectivity index (χ0) is 15.6. The quantitative estimate of drug-likeness (QED) is 0.677. The van der Waals surface area contributed by atoms with Crippen LogP contribution >= 0.6 is 12.4 Å². The molecule has 0 unspecified atom stereocenters. The van der Waals surface area contributed by atoms with E-state index in [9.17, 15) is 0 Å². The molecule has 0 radical (unpaired) electrons. The Morgan fingerprint density at radius 1 is 0.783 bits per heavy atom. The van der Waals surface area contributed by atoms with Crippen LogP contribution in [0.4, 0.5) is 0 Å². The van der Waals surface area contributed by atoms with Gasteiger partial charge in [0, 0.05) is 6.54 Å². The average molecular weight is 336 g/mol. The highest BCUT2D eigenvalue weighted by atomic mass is 35.5. The molecule has 2 aromatic carbocycles. The molecule has 0 atom stereocenters. The van der Waals surface area contributed by atoms with E-state index in [0.29, 0.717) is 13.2 Å². The summed E-state index contributed by atoms with van der Waals surface area (Å²) in [6, 6.07) is 18.0. The molecule has 0 N–H and O–H groups in total. The zero-order valence-corrected chi connectivity index (χ0v) is 14.7. The number of likely N-dealkylation sites (N-methyl/N-ethyl adjacent to an activating group) is 1. The SMILES string of the molecule is CCN(CC)CCOc1ccccc1OCc1ccccc1.Cl. The molecule has 2 aromatic rings. The fourth-order valence-electron chi connectivity index (χ4n) is 2.25. The van der Waals surface area contributed by atoms with Gasteiger partial charge in [0.2, 0.25) is 0 Å². The number of nitrogens with zero attached hydrogens (tertiary/aromatic N) is 1. The highest BCUT2D eigenvalue weighted by molar-refractivity contribution is 5.85. The lowest BCUT2D eigenvalue weighted by molar-refractivity contribution is 0.211. The molecular weight excluding hydrogens is 310 g/mol. The van der Waals surface area contributed by atoms with Gasteiger partial charge in [0.1, 0.15) is 13.2 Å². The summed E-state index contributed by atoms with van der Waals surface area (Å²) in [5.41, 5.74) is 1.15. The Hall–Kier alpha value is -1.71. The van der Waals surface area contributed by atoms with E-state index in [2.05, 4.69) is 30.9 Å². The summed E-state index contributed by atoms with van der Waals surface area (Å²) in [5, 5.41) is 0. The molecule has 4 heteroatoms. The molecule has 0 aromatic heterocycles. The van der Waals surface area contributed by atoms with Gasteiger partial charge in [0.25, 0.3) is 0 Å². The zero-order valence-electron chi connectivity index (χ0n) is 13.9. The van der Waals surface area contributed by atoms with Gasteiger partial charge in [-0.3, -0.25) is 0 Å². The Bertz CT molecular complexity index is 544. The maximum Gasteiger partial charge on any atom is 0.161 e. The van der Waals surface area contributed by atoms with Crippen molar-refractivity contribution in [3.63, 3.8) is 0 Å². The molecule has 0 saturated carbocycles. The highest BCUT2D eigenvalue weighted by Crippen LogP contribution is 2.27. The van der Waals surface area contributed by atoms with E-state index in [1.807, 2.05) is 42.5 Å². The van der Waals surface area contributed by atoms with Crippen molar-refractivity contribution in [1.82, 2.24) is 4.90 Å². The van der Waals surface area contributed by atoms with E-state index in [-0.39, 0.29) is 12.4 Å². The van der Waals surface area contributed by atoms with Gasteiger partial charge in [0.05, 0.1) is 0 Å². The lowest BCUT2D eigenvalue weighted by atomic mass is 10.2. The standard InChI is InChI=1S/C19H25NO2.ClH/c1-3-20(4-2)14-15-21-18-12-8-9-13-19(18)22-16-17-10-6-5-7-11-17;/h5-13H,3-4,14-16H2,1-2H3;1H. The van der Waals surface area contributed by atoms with Crippen LogP contribution in [0.1, 0.15) is 19.4 Å². The van der Waals surface area contributed by atoms with Crippen LogP contribution in [0.2, 0.25) is 0 Å². The van der Waals surface area contributed by atoms with Crippen molar-refractivity contribution in [2.45, 2.75) is 20.5 Å². The van der Waals surface area contributed by atoms with Crippen molar-refractivity contribution < 1.29 is 9.47 Å². The molecule has 0 aliphatic rings. The summed E-state index contributed by atoms with van der Waals surface area (Å²) in [6.45, 7) is 8.59. The molecule has 0 fully saturated rings. The average Bonchev–Trinajstić information content (AvgIpc) is 2.59. The van der Waals surface area contributed by atoms with Crippen LogP contribution in [0.3, 0.4) is 0 Å². The van der Waals surface area contributed by atoms with Gasteiger partial charge in [-0.25, -0.2) is 0 Å². The van der Waals surface area contributed by atoms with Gasteiger partial charge in [0.15, 0.2) is 11.5 Å². The van der Waals surface area contributed by atoms with Gasteiger partial charge in [-0.15, -0.1) is 12.4 Å². The number of para-hydroxylation sites is 2. The third-order valence-electron chi connectivity index (χ3n) is 3.65. The van der Waals surface area contributed by atoms with Crippen LogP contribution in [-0.4, -0.2) is 31.1 Å². The molecule has 0 aliphatic heterocycles. The largest absolute Gasteiger partial charge is 0.488 e. The van der Waals surface area contributed by atoms with Gasteiger partial charge < -0.3 is 14.4 Å². The molecule has 23 heavy (non-hydrogen) atoms. The fourth-order valence-corrected chi connectivity index (χ4v) is 2.25. The minimum absolute atomic E-state index is 0. The van der Waals surface area contributed by atoms with Crippen LogP contribution in [0, 0.1) is 0 Å². The lowest BCUT2D eigenvalue weighted by Gasteiger charge is -2.19. The minimum atomic E-state index is 0. The second-order valence-electron chi connectivity index (χ2n) is 5.10. The minimum Gasteiger partial charge on any atom is -0.488 e. The molecule has 3 nitrogen and oxygen atoms in total. The smallest absolute Gasteiger partial charge is 0.161 e. The molecule has 0 aliphatic carbocycles. The van der Waals surface area contributed by atoms with Gasteiger partial charge >= 0.3 is 0 Å². The third-order valence-corrected chi connectivity index (χ3v) is 3.65. The Balaban J connectivity index is 0.00000264. The van der Waals surface area contributed by atoms with Crippen molar-refractivity contribution in [3.8, 4) is 11.5 Å². The number of rotatable bonds is 9. The maximum absolute atomic E-state index is 5.89. The van der Waals surface area contributed by atoms with Crippen molar-refractivity contribution in [3.05, 3.63) is 60.2 Å². The predicted octanol–water partition coefficient (Wildman–Crippen LogP) is 4.41. The van der Waals surface area contributed by atoms with Crippen molar-refractivity contribution in [2.24, 2.45) is 0 Å². The number of halogens is 1. The molecular formula is C19H26ClNO2. The number of hydrogen-bond acceptors (Lipinski definition) is 3. The second kappa shape index (κ2) is 10.9. The third kappa shape index (κ3) is 6.51. The summed E-state index contributed by atoms with van der Waals surface area (Å²) in [7, 11) is 0. The van der Waals surface area contributed by atoms with Gasteiger partial charge in [-0.1, -0.05) is 56.3 Å². The van der Waals surface area contributed by atoms with E-state index >= 15 is 0 Å². The predicted molar refractivity (Wildman–Crippen MR) is 97.7 cm³/mol. The monoisotopic (exact) mass is 335 g/mol. The van der Waals surface area contributed by atoms with Gasteiger partial charge in [-0.2, -0.15) is 0 Å². The molecule has 0 amide bonds. The summed E-state index contributed by atoms with van der Waals surface area (Å²) in [5.74, 6) is 1.61. The van der Waals surface area contributed by atoms with Gasteiger partial charge in [-0.05, 0) is 30.8 Å². The van der Waals surface area contributed by atoms with E-state index in [0.717, 1.165) is 36.7 Å². The van der Waals surface area contributed by atoms with Crippen LogP contribution < -0.4 is 9.47 Å². The number of ether oxygens (including phenoxy) is 2. The Morgan fingerprint density at radius 2 is 1.35 bits per heavy atom. The summed E-state index contributed by atoms with van der Waals surface area (Å²) < 4.78 is 11.8. The normalized spacial score (nSPS) is 10.2. The lowest BCUT2D eigenvalue weighted by Crippen LogP contribution is -2.27. The summed E-state index contributed by atoms with van der Waals surface area (Å²) in [4.78, 5) is 2.34. The van der Waals surface area contributed by atoms with E-state index in [4.69, 9.17) is 9.47 Å². The molecule has 126 valence electrons. The molecule has 0 bridgehead atoms. The number of benzene rings is 2. The Morgan fingerprint density at radius 3 is 1.96 bits per heavy atom. The summed E-state index contributed by atoms with van der Waals surface area (Å²) >= 11 is 0. The van der Waals surface area contributed by atoms with Crippen LogP contribution in [-0.2, 0) is 6.61 Å². The molecule has 0 heterocycles. The highest BCUT2D eigenvalue weighted by Gasteiger charge is 2.06. The van der Waals surface area contributed by atoms with Crippen molar-refractivity contribution in [2.75, 3.05) is 26.2 Å². The first kappa shape index (κ1) is 19.3.